The quantitative estimate of drug-likeness (QED) is 0.711. The first-order chi connectivity index (χ1) is 14.6. The van der Waals surface area contributed by atoms with Crippen molar-refractivity contribution in [3.63, 3.8) is 0 Å². The van der Waals surface area contributed by atoms with Gasteiger partial charge >= 0.3 is 0 Å². The van der Waals surface area contributed by atoms with Gasteiger partial charge in [0.15, 0.2) is 0 Å². The minimum absolute atomic E-state index is 0.0404. The summed E-state index contributed by atoms with van der Waals surface area (Å²) in [6, 6.07) is 5.10. The van der Waals surface area contributed by atoms with E-state index in [9.17, 15) is 14.4 Å². The average molecular weight is 430 g/mol. The Labute approximate surface area is 179 Å². The van der Waals surface area contributed by atoms with Gasteiger partial charge in [0, 0.05) is 43.6 Å². The molecule has 0 bridgehead atoms. The fourth-order valence-electron chi connectivity index (χ4n) is 4.13. The number of thioether (sulfide) groups is 1. The molecule has 0 aliphatic carbocycles. The third-order valence-corrected chi connectivity index (χ3v) is 6.82. The number of fused-ring (bicyclic) bond motifs is 1. The van der Waals surface area contributed by atoms with Crippen molar-refractivity contribution in [1.82, 2.24) is 25.0 Å². The fourth-order valence-corrected chi connectivity index (χ4v) is 5.08. The Morgan fingerprint density at radius 2 is 2.20 bits per heavy atom. The minimum Gasteiger partial charge on any atom is -0.350 e. The van der Waals surface area contributed by atoms with E-state index in [-0.39, 0.29) is 28.6 Å². The van der Waals surface area contributed by atoms with Crippen LogP contribution in [0.4, 0.5) is 0 Å². The number of amides is 1. The second-order valence-corrected chi connectivity index (χ2v) is 8.89. The number of H-pyrrole nitrogens is 1. The van der Waals surface area contributed by atoms with E-state index >= 15 is 0 Å². The van der Waals surface area contributed by atoms with Crippen molar-refractivity contribution in [3.8, 4) is 0 Å². The third-order valence-electron chi connectivity index (χ3n) is 5.81. The zero-order valence-electron chi connectivity index (χ0n) is 16.9. The standard InChI is InChI=1S/C21H27N5O3S/c27-19-12-15-14-30-11-6-18(15)24-26(19)10-9-25-8-2-1-4-16(25)13-23-21(29)17-5-3-7-22-20(17)28/h3,5,7,12,16H,1-2,4,6,8-11,13-14H2,(H,22,28)(H,23,29). The summed E-state index contributed by atoms with van der Waals surface area (Å²) in [6.45, 7) is 2.68. The molecular weight excluding hydrogens is 402 g/mol. The van der Waals surface area contributed by atoms with Gasteiger partial charge in [0.2, 0.25) is 0 Å². The summed E-state index contributed by atoms with van der Waals surface area (Å²) in [4.78, 5) is 41.5. The molecule has 1 unspecified atom stereocenters. The van der Waals surface area contributed by atoms with Crippen LogP contribution < -0.4 is 16.4 Å². The summed E-state index contributed by atoms with van der Waals surface area (Å²) in [5, 5.41) is 7.50. The maximum absolute atomic E-state index is 12.4. The summed E-state index contributed by atoms with van der Waals surface area (Å²) in [7, 11) is 0. The van der Waals surface area contributed by atoms with Crippen LogP contribution in [-0.4, -0.2) is 57.0 Å². The van der Waals surface area contributed by atoms with Crippen LogP contribution in [0.5, 0.6) is 0 Å². The number of pyridine rings is 1. The molecule has 2 N–H and O–H groups in total. The number of piperidine rings is 1. The molecule has 4 rings (SSSR count). The van der Waals surface area contributed by atoms with Crippen LogP contribution in [0.25, 0.3) is 0 Å². The average Bonchev–Trinajstić information content (AvgIpc) is 2.77. The SMILES string of the molecule is O=C(NCC1CCCCN1CCn1nc2c(cc1=O)CSCC2)c1ccc[nH]c1=O. The lowest BCUT2D eigenvalue weighted by Gasteiger charge is -2.35. The first-order valence-electron chi connectivity index (χ1n) is 10.5. The van der Waals surface area contributed by atoms with Gasteiger partial charge in [0.25, 0.3) is 17.0 Å². The van der Waals surface area contributed by atoms with Gasteiger partial charge in [-0.2, -0.15) is 16.9 Å². The number of hydrogen-bond donors (Lipinski definition) is 2. The Balaban J connectivity index is 1.37. The molecule has 0 saturated carbocycles. The van der Waals surface area contributed by atoms with Crippen LogP contribution in [0.3, 0.4) is 0 Å². The molecule has 9 heteroatoms. The highest BCUT2D eigenvalue weighted by molar-refractivity contribution is 7.98. The van der Waals surface area contributed by atoms with Gasteiger partial charge in [-0.15, -0.1) is 0 Å². The maximum atomic E-state index is 12.4. The summed E-state index contributed by atoms with van der Waals surface area (Å²) in [6.07, 6.45) is 5.62. The van der Waals surface area contributed by atoms with E-state index in [0.29, 0.717) is 19.6 Å². The summed E-state index contributed by atoms with van der Waals surface area (Å²) >= 11 is 1.84. The lowest BCUT2D eigenvalue weighted by molar-refractivity contribution is 0.0907. The van der Waals surface area contributed by atoms with Crippen molar-refractivity contribution >= 4 is 17.7 Å². The number of aromatic nitrogens is 3. The van der Waals surface area contributed by atoms with Gasteiger partial charge in [0.05, 0.1) is 12.2 Å². The number of rotatable bonds is 6. The fraction of sp³-hybridized carbons (Fsp3) is 0.524. The number of hydrogen-bond acceptors (Lipinski definition) is 6. The normalized spacial score (nSPS) is 19.3. The zero-order valence-corrected chi connectivity index (χ0v) is 17.7. The van der Waals surface area contributed by atoms with E-state index in [0.717, 1.165) is 55.0 Å². The van der Waals surface area contributed by atoms with E-state index in [2.05, 4.69) is 20.3 Å². The van der Waals surface area contributed by atoms with Crippen LogP contribution in [0, 0.1) is 0 Å². The maximum Gasteiger partial charge on any atom is 0.267 e. The molecular formula is C21H27N5O3S. The van der Waals surface area contributed by atoms with Crippen molar-refractivity contribution in [2.24, 2.45) is 0 Å². The number of nitrogens with zero attached hydrogens (tertiary/aromatic N) is 3. The van der Waals surface area contributed by atoms with Crippen molar-refractivity contribution < 1.29 is 4.79 Å². The van der Waals surface area contributed by atoms with E-state index in [1.54, 1.807) is 16.8 Å². The molecule has 4 heterocycles. The van der Waals surface area contributed by atoms with Crippen molar-refractivity contribution in [2.75, 3.05) is 25.4 Å². The molecule has 2 aromatic heterocycles. The molecule has 160 valence electrons. The molecule has 8 nitrogen and oxygen atoms in total. The molecule has 0 spiro atoms. The Hall–Kier alpha value is -2.39. The van der Waals surface area contributed by atoms with E-state index in [1.165, 1.54) is 12.3 Å². The number of aromatic amines is 1. The van der Waals surface area contributed by atoms with Gasteiger partial charge in [0.1, 0.15) is 5.56 Å². The number of carbonyl (C=O) groups excluding carboxylic acids is 1. The predicted octanol–water partition coefficient (Wildman–Crippen LogP) is 1.01. The van der Waals surface area contributed by atoms with Gasteiger partial charge in [-0.3, -0.25) is 19.3 Å². The monoisotopic (exact) mass is 429 g/mol. The first kappa shape index (κ1) is 20.9. The van der Waals surface area contributed by atoms with Crippen molar-refractivity contribution in [1.29, 1.82) is 0 Å². The summed E-state index contributed by atoms with van der Waals surface area (Å²) in [5.41, 5.74) is 1.82. The predicted molar refractivity (Wildman–Crippen MR) is 117 cm³/mol. The largest absolute Gasteiger partial charge is 0.350 e. The zero-order chi connectivity index (χ0) is 20.9. The highest BCUT2D eigenvalue weighted by Crippen LogP contribution is 2.21. The molecule has 0 radical (unpaired) electrons. The van der Waals surface area contributed by atoms with Crippen molar-refractivity contribution in [2.45, 2.75) is 44.0 Å². The van der Waals surface area contributed by atoms with Crippen molar-refractivity contribution in [3.05, 3.63) is 61.9 Å². The lowest BCUT2D eigenvalue weighted by atomic mass is 10.0. The second-order valence-electron chi connectivity index (χ2n) is 7.79. The van der Waals surface area contributed by atoms with Gasteiger partial charge < -0.3 is 10.3 Å². The van der Waals surface area contributed by atoms with Crippen LogP contribution in [-0.2, 0) is 18.7 Å². The van der Waals surface area contributed by atoms with E-state index in [4.69, 9.17) is 0 Å². The van der Waals surface area contributed by atoms with Gasteiger partial charge in [-0.25, -0.2) is 4.68 Å². The molecule has 0 aromatic carbocycles. The summed E-state index contributed by atoms with van der Waals surface area (Å²) < 4.78 is 1.59. The first-order valence-corrected chi connectivity index (χ1v) is 11.6. The van der Waals surface area contributed by atoms with Crippen LogP contribution in [0.15, 0.2) is 34.0 Å². The number of nitrogens with one attached hydrogen (secondary N) is 2. The molecule has 1 saturated heterocycles. The van der Waals surface area contributed by atoms with Gasteiger partial charge in [-0.05, 0) is 42.8 Å². The molecule has 2 aromatic rings. The van der Waals surface area contributed by atoms with Crippen LogP contribution >= 0.6 is 11.8 Å². The van der Waals surface area contributed by atoms with Crippen LogP contribution in [0.2, 0.25) is 0 Å². The third kappa shape index (κ3) is 4.84. The Bertz CT molecular complexity index is 1020. The molecule has 2 aliphatic heterocycles. The number of likely N-dealkylation sites (tertiary alicyclic amines) is 1. The molecule has 30 heavy (non-hydrogen) atoms. The van der Waals surface area contributed by atoms with Gasteiger partial charge in [-0.1, -0.05) is 6.42 Å². The number of aryl methyl sites for hydroxylation is 1. The van der Waals surface area contributed by atoms with E-state index < -0.39 is 0 Å². The Kier molecular flexibility index (Phi) is 6.69. The van der Waals surface area contributed by atoms with E-state index in [1.807, 2.05) is 11.8 Å². The molecule has 2 aliphatic rings. The Morgan fingerprint density at radius 3 is 3.07 bits per heavy atom. The minimum atomic E-state index is -0.383. The van der Waals surface area contributed by atoms with Crippen LogP contribution in [0.1, 0.15) is 40.9 Å². The Morgan fingerprint density at radius 1 is 1.30 bits per heavy atom. The smallest absolute Gasteiger partial charge is 0.267 e. The highest BCUT2D eigenvalue weighted by atomic mass is 32.2. The second kappa shape index (κ2) is 9.61. The molecule has 1 amide bonds. The topological polar surface area (TPSA) is 100 Å². The molecule has 1 fully saturated rings. The lowest BCUT2D eigenvalue weighted by Crippen LogP contribution is -2.48. The number of carbonyl (C=O) groups is 1. The summed E-state index contributed by atoms with van der Waals surface area (Å²) in [5.74, 6) is 1.57. The highest BCUT2D eigenvalue weighted by Gasteiger charge is 2.24. The molecule has 1 atom stereocenters.